The lowest BCUT2D eigenvalue weighted by Gasteiger charge is -2.14. The van der Waals surface area contributed by atoms with Crippen LogP contribution in [0.2, 0.25) is 5.15 Å². The summed E-state index contributed by atoms with van der Waals surface area (Å²) in [6.07, 6.45) is -2.35. The molecule has 0 radical (unpaired) electrons. The number of aromatic amines is 1. The number of carbonyl (C=O) groups is 1. The van der Waals surface area contributed by atoms with Gasteiger partial charge in [0.25, 0.3) is 0 Å². The van der Waals surface area contributed by atoms with E-state index in [1.807, 2.05) is 0 Å². The van der Waals surface area contributed by atoms with Crippen LogP contribution in [0.5, 0.6) is 0 Å². The van der Waals surface area contributed by atoms with Crippen molar-refractivity contribution in [3.8, 4) is 0 Å². The van der Waals surface area contributed by atoms with Gasteiger partial charge in [-0.2, -0.15) is 5.10 Å². The summed E-state index contributed by atoms with van der Waals surface area (Å²) in [6, 6.07) is 0. The summed E-state index contributed by atoms with van der Waals surface area (Å²) in [5.41, 5.74) is 0.316. The van der Waals surface area contributed by atoms with Crippen molar-refractivity contribution in [2.45, 2.75) is 18.6 Å². The first kappa shape index (κ1) is 12.7. The number of carboxylic acids is 1. The number of carboxylic acid groups (broad SMARTS) is 1. The Morgan fingerprint density at radius 2 is 2.17 bits per heavy atom. The molecule has 0 fully saturated rings. The molecule has 0 aliphatic rings. The largest absolute Gasteiger partial charge is 0.481 e. The predicted molar refractivity (Wildman–Crippen MR) is 59.9 cm³/mol. The van der Waals surface area contributed by atoms with Crippen LogP contribution in [-0.2, 0) is 4.79 Å². The predicted octanol–water partition coefficient (Wildman–Crippen LogP) is -0.125. The van der Waals surface area contributed by atoms with Crippen LogP contribution in [0, 0.1) is 0 Å². The van der Waals surface area contributed by atoms with Gasteiger partial charge in [-0.3, -0.25) is 9.89 Å². The molecule has 2 aromatic rings. The minimum absolute atomic E-state index is 0.0605. The van der Waals surface area contributed by atoms with E-state index < -0.39 is 24.6 Å². The number of rotatable bonds is 4. The highest BCUT2D eigenvalue weighted by Gasteiger charge is 2.26. The highest BCUT2D eigenvalue weighted by molar-refractivity contribution is 6.34. The number of fused-ring (bicyclic) bond motifs is 1. The second kappa shape index (κ2) is 4.84. The third-order valence-electron chi connectivity index (χ3n) is 2.38. The molecule has 0 saturated heterocycles. The van der Waals surface area contributed by atoms with Gasteiger partial charge in [0.2, 0.25) is 0 Å². The van der Waals surface area contributed by atoms with Crippen molar-refractivity contribution in [1.82, 2.24) is 20.2 Å². The zero-order valence-corrected chi connectivity index (χ0v) is 9.66. The molecule has 18 heavy (non-hydrogen) atoms. The van der Waals surface area contributed by atoms with Crippen molar-refractivity contribution in [3.63, 3.8) is 0 Å². The molecule has 0 aliphatic heterocycles. The summed E-state index contributed by atoms with van der Waals surface area (Å²) in [6.45, 7) is 0. The molecule has 4 N–H and O–H groups in total. The van der Waals surface area contributed by atoms with Crippen molar-refractivity contribution < 1.29 is 20.1 Å². The molecule has 2 atom stereocenters. The lowest BCUT2D eigenvalue weighted by molar-refractivity contribution is -0.141. The van der Waals surface area contributed by atoms with Crippen LogP contribution in [0.4, 0.5) is 0 Å². The topological polar surface area (TPSA) is 132 Å². The molecule has 0 amide bonds. The Balaban J connectivity index is 2.39. The third kappa shape index (κ3) is 2.26. The average Bonchev–Trinajstić information content (AvgIpc) is 2.72. The lowest BCUT2D eigenvalue weighted by atomic mass is 10.1. The number of aromatic nitrogens is 4. The van der Waals surface area contributed by atoms with Crippen molar-refractivity contribution in [2.24, 2.45) is 0 Å². The van der Waals surface area contributed by atoms with Crippen molar-refractivity contribution in [1.29, 1.82) is 0 Å². The number of H-pyrrole nitrogens is 1. The van der Waals surface area contributed by atoms with Crippen LogP contribution >= 0.6 is 11.6 Å². The molecule has 0 aromatic carbocycles. The van der Waals surface area contributed by atoms with Crippen molar-refractivity contribution in [3.05, 3.63) is 17.2 Å². The van der Waals surface area contributed by atoms with Gasteiger partial charge in [-0.15, -0.1) is 0 Å². The second-order valence-electron chi connectivity index (χ2n) is 3.61. The SMILES string of the molecule is O=C(O)CC(O)C(O)c1[nH]nc2ncnc(Cl)c12. The Morgan fingerprint density at radius 1 is 1.44 bits per heavy atom. The summed E-state index contributed by atoms with van der Waals surface area (Å²) < 4.78 is 0. The quantitative estimate of drug-likeness (QED) is 0.570. The molecule has 8 nitrogen and oxygen atoms in total. The molecule has 0 aliphatic carbocycles. The second-order valence-corrected chi connectivity index (χ2v) is 3.97. The van der Waals surface area contributed by atoms with Gasteiger partial charge >= 0.3 is 5.97 Å². The molecule has 0 spiro atoms. The Bertz CT molecular complexity index is 587. The zero-order valence-electron chi connectivity index (χ0n) is 8.91. The fourth-order valence-electron chi connectivity index (χ4n) is 1.54. The first-order chi connectivity index (χ1) is 8.50. The van der Waals surface area contributed by atoms with E-state index in [-0.39, 0.29) is 21.9 Å². The monoisotopic (exact) mass is 272 g/mol. The molecule has 2 unspecified atom stereocenters. The number of aliphatic hydroxyl groups excluding tert-OH is 2. The van der Waals surface area contributed by atoms with E-state index in [0.29, 0.717) is 0 Å². The van der Waals surface area contributed by atoms with E-state index in [9.17, 15) is 15.0 Å². The molecule has 2 rings (SSSR count). The van der Waals surface area contributed by atoms with Crippen molar-refractivity contribution >= 4 is 28.6 Å². The summed E-state index contributed by atoms with van der Waals surface area (Å²) in [5, 5.41) is 34.5. The van der Waals surface area contributed by atoms with E-state index in [0.717, 1.165) is 0 Å². The number of hydrogen-bond acceptors (Lipinski definition) is 6. The van der Waals surface area contributed by atoms with Gasteiger partial charge in [-0.25, -0.2) is 9.97 Å². The maximum atomic E-state index is 10.5. The Hall–Kier alpha value is -1.77. The molecular formula is C9H9ClN4O4. The summed E-state index contributed by atoms with van der Waals surface area (Å²) >= 11 is 5.84. The van der Waals surface area contributed by atoms with Crippen LogP contribution in [0.25, 0.3) is 11.0 Å². The van der Waals surface area contributed by atoms with Gasteiger partial charge < -0.3 is 15.3 Å². The fourth-order valence-corrected chi connectivity index (χ4v) is 1.77. The van der Waals surface area contributed by atoms with Crippen molar-refractivity contribution in [2.75, 3.05) is 0 Å². The van der Waals surface area contributed by atoms with Crippen LogP contribution in [-0.4, -0.2) is 47.6 Å². The zero-order chi connectivity index (χ0) is 13.3. The van der Waals surface area contributed by atoms with E-state index in [4.69, 9.17) is 16.7 Å². The highest BCUT2D eigenvalue weighted by Crippen LogP contribution is 2.28. The number of halogens is 1. The number of aliphatic carboxylic acids is 1. The molecule has 9 heteroatoms. The van der Waals surface area contributed by atoms with Gasteiger partial charge in [0.05, 0.1) is 23.6 Å². The maximum Gasteiger partial charge on any atom is 0.306 e. The molecule has 2 aromatic heterocycles. The number of hydrogen-bond donors (Lipinski definition) is 4. The lowest BCUT2D eigenvalue weighted by Crippen LogP contribution is -2.22. The van der Waals surface area contributed by atoms with Gasteiger partial charge in [-0.05, 0) is 0 Å². The Morgan fingerprint density at radius 3 is 2.83 bits per heavy atom. The normalized spacial score (nSPS) is 14.6. The summed E-state index contributed by atoms with van der Waals surface area (Å²) in [5.74, 6) is -1.23. The molecule has 96 valence electrons. The number of nitrogens with zero attached hydrogens (tertiary/aromatic N) is 3. The van der Waals surface area contributed by atoms with Crippen LogP contribution in [0.1, 0.15) is 18.2 Å². The van der Waals surface area contributed by atoms with Crippen LogP contribution in [0.15, 0.2) is 6.33 Å². The van der Waals surface area contributed by atoms with E-state index in [1.54, 1.807) is 0 Å². The average molecular weight is 273 g/mol. The summed E-state index contributed by atoms with van der Waals surface area (Å²) in [4.78, 5) is 18.0. The molecule has 0 bridgehead atoms. The number of aliphatic hydroxyl groups is 2. The molecular weight excluding hydrogens is 264 g/mol. The van der Waals surface area contributed by atoms with E-state index in [2.05, 4.69) is 20.2 Å². The highest BCUT2D eigenvalue weighted by atomic mass is 35.5. The van der Waals surface area contributed by atoms with Gasteiger partial charge in [-0.1, -0.05) is 11.6 Å². The minimum Gasteiger partial charge on any atom is -0.481 e. The van der Waals surface area contributed by atoms with Gasteiger partial charge in [0, 0.05) is 0 Å². The summed E-state index contributed by atoms with van der Waals surface area (Å²) in [7, 11) is 0. The van der Waals surface area contributed by atoms with E-state index in [1.165, 1.54) is 6.33 Å². The Kier molecular flexibility index (Phi) is 3.41. The van der Waals surface area contributed by atoms with E-state index >= 15 is 0 Å². The van der Waals surface area contributed by atoms with Crippen LogP contribution in [0.3, 0.4) is 0 Å². The number of nitrogens with one attached hydrogen (secondary N) is 1. The van der Waals surface area contributed by atoms with Crippen LogP contribution < -0.4 is 0 Å². The molecule has 0 saturated carbocycles. The smallest absolute Gasteiger partial charge is 0.306 e. The maximum absolute atomic E-state index is 10.5. The molecule has 2 heterocycles. The Labute approximate surface area is 105 Å². The van der Waals surface area contributed by atoms with Gasteiger partial charge in [0.1, 0.15) is 17.6 Å². The fraction of sp³-hybridized carbons (Fsp3) is 0.333. The first-order valence-corrected chi connectivity index (χ1v) is 5.31. The standard InChI is InChI=1S/C9H9ClN4O4/c10-8-5-6(7(18)3(15)1-4(16)17)13-14-9(5)12-2-11-8/h2-3,7,15,18H,1H2,(H,16,17)(H,11,12,13,14). The minimum atomic E-state index is -1.48. The van der Waals surface area contributed by atoms with Gasteiger partial charge in [0.15, 0.2) is 5.65 Å². The first-order valence-electron chi connectivity index (χ1n) is 4.93. The third-order valence-corrected chi connectivity index (χ3v) is 2.66.